The summed E-state index contributed by atoms with van der Waals surface area (Å²) >= 11 is 0. The first-order chi connectivity index (χ1) is 13.7. The molecule has 1 aromatic heterocycles. The fourth-order valence-electron chi connectivity index (χ4n) is 2.59. The molecule has 1 amide bonds. The van der Waals surface area contributed by atoms with E-state index in [1.54, 1.807) is 14.1 Å². The molecular weight excluding hydrogens is 385 g/mol. The summed E-state index contributed by atoms with van der Waals surface area (Å²) in [5.74, 6) is 0.446. The van der Waals surface area contributed by atoms with Crippen LogP contribution in [0.1, 0.15) is 17.0 Å². The number of alkyl halides is 3. The van der Waals surface area contributed by atoms with E-state index in [9.17, 15) is 18.0 Å². The minimum absolute atomic E-state index is 0.0263. The van der Waals surface area contributed by atoms with Gasteiger partial charge < -0.3 is 14.7 Å². The van der Waals surface area contributed by atoms with Crippen molar-refractivity contribution in [2.75, 3.05) is 19.4 Å². The Kier molecular flexibility index (Phi) is 5.86. The number of hydrogen-bond acceptors (Lipinski definition) is 5. The van der Waals surface area contributed by atoms with Gasteiger partial charge in [-0.05, 0) is 23.8 Å². The molecule has 0 saturated carbocycles. The Hall–Kier alpha value is -3.36. The number of anilines is 1. The highest BCUT2D eigenvalue weighted by molar-refractivity contribution is 5.80. The number of rotatable bonds is 6. The highest BCUT2D eigenvalue weighted by atomic mass is 19.4. The molecule has 0 atom stereocenters. The van der Waals surface area contributed by atoms with Crippen LogP contribution in [-0.4, -0.2) is 35.0 Å². The van der Waals surface area contributed by atoms with Crippen LogP contribution in [0.3, 0.4) is 0 Å². The normalized spacial score (nSPS) is 11.3. The van der Waals surface area contributed by atoms with Gasteiger partial charge in [0.05, 0.1) is 18.5 Å². The Morgan fingerprint density at radius 1 is 1.10 bits per heavy atom. The van der Waals surface area contributed by atoms with Gasteiger partial charge in [-0.25, -0.2) is 0 Å². The number of aromatic nitrogens is 2. The predicted octanol–water partition coefficient (Wildman–Crippen LogP) is 4.00. The molecular formula is C20H19F3N4O2. The standard InChI is InChI=1S/C20H19F3N4O2/c1-27(2)18(28)11-14-5-3-4-6-16(14)24-12-17-25-19(26-29-17)13-7-9-15(10-8-13)20(21,22)23/h3-10,24H,11-12H2,1-2H3. The fourth-order valence-corrected chi connectivity index (χ4v) is 2.59. The number of hydrogen-bond donors (Lipinski definition) is 1. The lowest BCUT2D eigenvalue weighted by atomic mass is 10.1. The maximum absolute atomic E-state index is 12.7. The molecule has 0 unspecified atom stereocenters. The molecule has 0 aliphatic carbocycles. The third-order valence-electron chi connectivity index (χ3n) is 4.23. The van der Waals surface area contributed by atoms with Gasteiger partial charge in [0, 0.05) is 25.3 Å². The number of likely N-dealkylation sites (N-methyl/N-ethyl adjacent to an activating group) is 1. The molecule has 0 bridgehead atoms. The molecule has 1 N–H and O–H groups in total. The quantitative estimate of drug-likeness (QED) is 0.673. The van der Waals surface area contributed by atoms with Crippen molar-refractivity contribution >= 4 is 11.6 Å². The zero-order valence-corrected chi connectivity index (χ0v) is 15.8. The fraction of sp³-hybridized carbons (Fsp3) is 0.250. The number of nitrogens with zero attached hydrogens (tertiary/aromatic N) is 3. The predicted molar refractivity (Wildman–Crippen MR) is 101 cm³/mol. The number of carbonyl (C=O) groups is 1. The number of amides is 1. The first-order valence-electron chi connectivity index (χ1n) is 8.76. The molecule has 3 rings (SSSR count). The van der Waals surface area contributed by atoms with Crippen LogP contribution in [-0.2, 0) is 23.9 Å². The second kappa shape index (κ2) is 8.34. The van der Waals surface area contributed by atoms with Crippen LogP contribution in [0, 0.1) is 0 Å². The SMILES string of the molecule is CN(C)C(=O)Cc1ccccc1NCc1nc(-c2ccc(C(F)(F)F)cc2)no1. The van der Waals surface area contributed by atoms with E-state index in [2.05, 4.69) is 15.5 Å². The van der Waals surface area contributed by atoms with Crippen molar-refractivity contribution in [1.82, 2.24) is 15.0 Å². The van der Waals surface area contributed by atoms with Crippen molar-refractivity contribution in [3.63, 3.8) is 0 Å². The lowest BCUT2D eigenvalue weighted by Gasteiger charge is -2.13. The van der Waals surface area contributed by atoms with Crippen molar-refractivity contribution < 1.29 is 22.5 Å². The van der Waals surface area contributed by atoms with Crippen molar-refractivity contribution in [3.8, 4) is 11.4 Å². The van der Waals surface area contributed by atoms with Gasteiger partial charge in [0.2, 0.25) is 17.6 Å². The lowest BCUT2D eigenvalue weighted by Crippen LogP contribution is -2.23. The van der Waals surface area contributed by atoms with Gasteiger partial charge in [0.1, 0.15) is 0 Å². The van der Waals surface area contributed by atoms with Crippen LogP contribution >= 0.6 is 0 Å². The van der Waals surface area contributed by atoms with Gasteiger partial charge in [-0.2, -0.15) is 18.2 Å². The molecule has 29 heavy (non-hydrogen) atoms. The van der Waals surface area contributed by atoms with E-state index >= 15 is 0 Å². The van der Waals surface area contributed by atoms with E-state index in [4.69, 9.17) is 4.52 Å². The van der Waals surface area contributed by atoms with Crippen molar-refractivity contribution in [2.24, 2.45) is 0 Å². The van der Waals surface area contributed by atoms with E-state index in [1.165, 1.54) is 17.0 Å². The Labute approximate surface area is 165 Å². The van der Waals surface area contributed by atoms with Crippen LogP contribution in [0.25, 0.3) is 11.4 Å². The molecule has 0 saturated heterocycles. The van der Waals surface area contributed by atoms with Gasteiger partial charge in [-0.1, -0.05) is 35.5 Å². The van der Waals surface area contributed by atoms with Gasteiger partial charge in [0.15, 0.2) is 0 Å². The van der Waals surface area contributed by atoms with E-state index < -0.39 is 11.7 Å². The zero-order chi connectivity index (χ0) is 21.0. The molecule has 9 heteroatoms. The van der Waals surface area contributed by atoms with Crippen LogP contribution < -0.4 is 5.32 Å². The van der Waals surface area contributed by atoms with Crippen molar-refractivity contribution in [1.29, 1.82) is 0 Å². The monoisotopic (exact) mass is 404 g/mol. The average molecular weight is 404 g/mol. The van der Waals surface area contributed by atoms with E-state index in [1.807, 2.05) is 24.3 Å². The first-order valence-corrected chi connectivity index (χ1v) is 8.76. The van der Waals surface area contributed by atoms with Crippen LogP contribution in [0.5, 0.6) is 0 Å². The number of halogens is 3. The molecule has 0 aliphatic heterocycles. The highest BCUT2D eigenvalue weighted by Gasteiger charge is 2.30. The van der Waals surface area contributed by atoms with Gasteiger partial charge in [0.25, 0.3) is 0 Å². The van der Waals surface area contributed by atoms with Gasteiger partial charge in [-0.3, -0.25) is 4.79 Å². The van der Waals surface area contributed by atoms with Crippen molar-refractivity contribution in [2.45, 2.75) is 19.1 Å². The highest BCUT2D eigenvalue weighted by Crippen LogP contribution is 2.30. The van der Waals surface area contributed by atoms with Gasteiger partial charge >= 0.3 is 6.18 Å². The maximum Gasteiger partial charge on any atom is 0.416 e. The molecule has 0 aliphatic rings. The summed E-state index contributed by atoms with van der Waals surface area (Å²) in [4.78, 5) is 17.7. The summed E-state index contributed by atoms with van der Waals surface area (Å²) in [6.07, 6.45) is -4.15. The second-order valence-corrected chi connectivity index (χ2v) is 6.56. The molecule has 3 aromatic rings. The Bertz CT molecular complexity index is 982. The molecule has 0 fully saturated rings. The Morgan fingerprint density at radius 2 is 1.79 bits per heavy atom. The molecule has 2 aromatic carbocycles. The summed E-state index contributed by atoms with van der Waals surface area (Å²) in [6.45, 7) is 0.209. The first kappa shape index (κ1) is 20.4. The third-order valence-corrected chi connectivity index (χ3v) is 4.23. The Balaban J connectivity index is 1.68. The largest absolute Gasteiger partial charge is 0.416 e. The van der Waals surface area contributed by atoms with Gasteiger partial charge in [-0.15, -0.1) is 0 Å². The van der Waals surface area contributed by atoms with E-state index in [-0.39, 0.29) is 30.6 Å². The summed E-state index contributed by atoms with van der Waals surface area (Å²) in [5.41, 5.74) is 1.27. The number of para-hydroxylation sites is 1. The van der Waals surface area contributed by atoms with Crippen molar-refractivity contribution in [3.05, 3.63) is 65.5 Å². The number of nitrogens with one attached hydrogen (secondary N) is 1. The minimum Gasteiger partial charge on any atom is -0.376 e. The molecule has 1 heterocycles. The third kappa shape index (κ3) is 5.13. The summed E-state index contributed by atoms with van der Waals surface area (Å²) < 4.78 is 43.2. The topological polar surface area (TPSA) is 71.3 Å². The Morgan fingerprint density at radius 3 is 2.45 bits per heavy atom. The van der Waals surface area contributed by atoms with Crippen LogP contribution in [0.4, 0.5) is 18.9 Å². The van der Waals surface area contributed by atoms with Crippen LogP contribution in [0.15, 0.2) is 53.1 Å². The summed E-state index contributed by atoms with van der Waals surface area (Å²) in [7, 11) is 3.39. The number of carbonyl (C=O) groups excluding carboxylic acids is 1. The molecule has 0 radical (unpaired) electrons. The smallest absolute Gasteiger partial charge is 0.376 e. The molecule has 152 valence electrons. The second-order valence-electron chi connectivity index (χ2n) is 6.56. The summed E-state index contributed by atoms with van der Waals surface area (Å²) in [5, 5.41) is 6.97. The van der Waals surface area contributed by atoms with E-state index in [0.717, 1.165) is 23.4 Å². The minimum atomic E-state index is -4.40. The maximum atomic E-state index is 12.7. The lowest BCUT2D eigenvalue weighted by molar-refractivity contribution is -0.137. The van der Waals surface area contributed by atoms with E-state index in [0.29, 0.717) is 5.56 Å². The zero-order valence-electron chi connectivity index (χ0n) is 15.8. The van der Waals surface area contributed by atoms with Crippen LogP contribution in [0.2, 0.25) is 0 Å². The average Bonchev–Trinajstić information content (AvgIpc) is 3.15. The summed E-state index contributed by atoms with van der Waals surface area (Å²) in [6, 6.07) is 11.9. The molecule has 0 spiro atoms. The number of benzene rings is 2. The molecule has 6 nitrogen and oxygen atoms in total.